The van der Waals surface area contributed by atoms with Crippen LogP contribution in [0.1, 0.15) is 58.4 Å². The molecule has 2 unspecified atom stereocenters. The van der Waals surface area contributed by atoms with Crippen LogP contribution in [0.25, 0.3) is 0 Å². The topological polar surface area (TPSA) is 12.0 Å². The van der Waals surface area contributed by atoms with Gasteiger partial charge in [0.05, 0.1) is 0 Å². The van der Waals surface area contributed by atoms with Crippen molar-refractivity contribution < 1.29 is 4.39 Å². The molecule has 0 aliphatic rings. The zero-order chi connectivity index (χ0) is 15.7. The van der Waals surface area contributed by atoms with Gasteiger partial charge >= 0.3 is 0 Å². The summed E-state index contributed by atoms with van der Waals surface area (Å²) in [6.07, 6.45) is 6.98. The van der Waals surface area contributed by atoms with Crippen molar-refractivity contribution in [2.75, 3.05) is 6.54 Å². The van der Waals surface area contributed by atoms with Crippen molar-refractivity contribution in [1.29, 1.82) is 0 Å². The second kappa shape index (κ2) is 10.3. The van der Waals surface area contributed by atoms with Gasteiger partial charge in [0.25, 0.3) is 0 Å². The van der Waals surface area contributed by atoms with Crippen molar-refractivity contribution in [2.24, 2.45) is 5.92 Å². The molecule has 120 valence electrons. The Hall–Kier alpha value is -0.410. The Bertz CT molecular complexity index is 388. The van der Waals surface area contributed by atoms with Gasteiger partial charge in [-0.15, -0.1) is 0 Å². The standard InChI is InChI=1S/C18H29BrFN/c1-4-7-8-15(6-3)18(21-9-5-2)12-14-10-16(19)13-17(20)11-14/h10-11,13,15,18,21H,4-9,12H2,1-3H3. The summed E-state index contributed by atoms with van der Waals surface area (Å²) in [5.74, 6) is 0.508. The fraction of sp³-hybridized carbons (Fsp3) is 0.667. The first-order chi connectivity index (χ1) is 10.1. The molecule has 1 aromatic rings. The maximum Gasteiger partial charge on any atom is 0.124 e. The van der Waals surface area contributed by atoms with Crippen LogP contribution in [0.15, 0.2) is 22.7 Å². The normalized spacial score (nSPS) is 14.1. The van der Waals surface area contributed by atoms with Crippen LogP contribution in [0.5, 0.6) is 0 Å². The van der Waals surface area contributed by atoms with Crippen molar-refractivity contribution in [3.05, 3.63) is 34.1 Å². The molecule has 2 atom stereocenters. The fourth-order valence-electron chi connectivity index (χ4n) is 2.87. The molecule has 1 aromatic carbocycles. The summed E-state index contributed by atoms with van der Waals surface area (Å²) in [5.41, 5.74) is 1.07. The van der Waals surface area contributed by atoms with Gasteiger partial charge in [-0.2, -0.15) is 0 Å². The molecule has 1 N–H and O–H groups in total. The average Bonchev–Trinajstić information content (AvgIpc) is 2.44. The van der Waals surface area contributed by atoms with E-state index >= 15 is 0 Å². The lowest BCUT2D eigenvalue weighted by Crippen LogP contribution is -2.38. The zero-order valence-electron chi connectivity index (χ0n) is 13.6. The Labute approximate surface area is 137 Å². The molecule has 21 heavy (non-hydrogen) atoms. The van der Waals surface area contributed by atoms with Gasteiger partial charge in [-0.05, 0) is 55.5 Å². The van der Waals surface area contributed by atoms with Crippen LogP contribution in [0, 0.1) is 11.7 Å². The van der Waals surface area contributed by atoms with Crippen molar-refractivity contribution in [1.82, 2.24) is 5.32 Å². The summed E-state index contributed by atoms with van der Waals surface area (Å²) in [7, 11) is 0. The molecule has 1 rings (SSSR count). The van der Waals surface area contributed by atoms with Crippen LogP contribution < -0.4 is 5.32 Å². The summed E-state index contributed by atoms with van der Waals surface area (Å²) in [4.78, 5) is 0. The Morgan fingerprint density at radius 2 is 1.90 bits per heavy atom. The number of hydrogen-bond acceptors (Lipinski definition) is 1. The molecule has 0 aliphatic heterocycles. The van der Waals surface area contributed by atoms with E-state index in [1.54, 1.807) is 6.07 Å². The average molecular weight is 358 g/mol. The van der Waals surface area contributed by atoms with Crippen LogP contribution in [0.2, 0.25) is 0 Å². The monoisotopic (exact) mass is 357 g/mol. The number of benzene rings is 1. The van der Waals surface area contributed by atoms with E-state index in [4.69, 9.17) is 0 Å². The minimum absolute atomic E-state index is 0.157. The highest BCUT2D eigenvalue weighted by molar-refractivity contribution is 9.10. The molecule has 0 saturated heterocycles. The summed E-state index contributed by atoms with van der Waals surface area (Å²) in [5, 5.41) is 3.68. The van der Waals surface area contributed by atoms with E-state index < -0.39 is 0 Å². The third kappa shape index (κ3) is 6.92. The van der Waals surface area contributed by atoms with Crippen LogP contribution in [0.3, 0.4) is 0 Å². The lowest BCUT2D eigenvalue weighted by molar-refractivity contribution is 0.315. The highest BCUT2D eigenvalue weighted by Gasteiger charge is 2.19. The number of unbranched alkanes of at least 4 members (excludes halogenated alkanes) is 1. The Kier molecular flexibility index (Phi) is 9.18. The lowest BCUT2D eigenvalue weighted by Gasteiger charge is -2.28. The first-order valence-corrected chi connectivity index (χ1v) is 9.08. The molecule has 0 heterocycles. The van der Waals surface area contributed by atoms with E-state index in [2.05, 4.69) is 42.0 Å². The molecule has 0 fully saturated rings. The van der Waals surface area contributed by atoms with Crippen LogP contribution in [0.4, 0.5) is 4.39 Å². The quantitative estimate of drug-likeness (QED) is 0.564. The fourth-order valence-corrected chi connectivity index (χ4v) is 3.39. The smallest absolute Gasteiger partial charge is 0.124 e. The van der Waals surface area contributed by atoms with Crippen LogP contribution in [-0.2, 0) is 6.42 Å². The second-order valence-electron chi connectivity index (χ2n) is 5.85. The molecular formula is C18H29BrFN. The SMILES string of the molecule is CCCCC(CC)C(Cc1cc(F)cc(Br)c1)NCCC. The van der Waals surface area contributed by atoms with Gasteiger partial charge in [-0.25, -0.2) is 4.39 Å². The van der Waals surface area contributed by atoms with Gasteiger partial charge < -0.3 is 5.32 Å². The van der Waals surface area contributed by atoms with Crippen molar-refractivity contribution in [3.63, 3.8) is 0 Å². The summed E-state index contributed by atoms with van der Waals surface area (Å²) >= 11 is 3.39. The first-order valence-electron chi connectivity index (χ1n) is 8.29. The van der Waals surface area contributed by atoms with E-state index in [1.165, 1.54) is 31.7 Å². The maximum absolute atomic E-state index is 13.6. The van der Waals surface area contributed by atoms with Crippen molar-refractivity contribution in [3.8, 4) is 0 Å². The highest BCUT2D eigenvalue weighted by Crippen LogP contribution is 2.22. The molecule has 0 aromatic heterocycles. The summed E-state index contributed by atoms with van der Waals surface area (Å²) in [6.45, 7) is 7.73. The van der Waals surface area contributed by atoms with Gasteiger partial charge in [0, 0.05) is 10.5 Å². The molecule has 0 amide bonds. The predicted molar refractivity (Wildman–Crippen MR) is 93.2 cm³/mol. The van der Waals surface area contributed by atoms with E-state index in [0.29, 0.717) is 12.0 Å². The van der Waals surface area contributed by atoms with Crippen molar-refractivity contribution >= 4 is 15.9 Å². The molecule has 0 saturated carbocycles. The number of halogens is 2. The van der Waals surface area contributed by atoms with E-state index in [0.717, 1.165) is 29.4 Å². The number of hydrogen-bond donors (Lipinski definition) is 1. The number of rotatable bonds is 10. The predicted octanol–water partition coefficient (Wildman–Crippen LogP) is 5.72. The molecule has 1 nitrogen and oxygen atoms in total. The van der Waals surface area contributed by atoms with Gasteiger partial charge in [-0.1, -0.05) is 56.0 Å². The lowest BCUT2D eigenvalue weighted by atomic mass is 9.87. The molecule has 0 spiro atoms. The highest BCUT2D eigenvalue weighted by atomic mass is 79.9. The molecule has 3 heteroatoms. The summed E-state index contributed by atoms with van der Waals surface area (Å²) in [6, 6.07) is 5.66. The van der Waals surface area contributed by atoms with Gasteiger partial charge in [-0.3, -0.25) is 0 Å². The first kappa shape index (κ1) is 18.6. The Morgan fingerprint density at radius 3 is 2.48 bits per heavy atom. The van der Waals surface area contributed by atoms with Gasteiger partial charge in [0.2, 0.25) is 0 Å². The molecule has 0 aliphatic carbocycles. The van der Waals surface area contributed by atoms with Gasteiger partial charge in [0.1, 0.15) is 5.82 Å². The van der Waals surface area contributed by atoms with Crippen LogP contribution in [-0.4, -0.2) is 12.6 Å². The van der Waals surface area contributed by atoms with E-state index in [1.807, 2.05) is 6.07 Å². The van der Waals surface area contributed by atoms with Gasteiger partial charge in [0.15, 0.2) is 0 Å². The second-order valence-corrected chi connectivity index (χ2v) is 6.77. The third-order valence-corrected chi connectivity index (χ3v) is 4.51. The van der Waals surface area contributed by atoms with E-state index in [9.17, 15) is 4.39 Å². The third-order valence-electron chi connectivity index (χ3n) is 4.06. The Morgan fingerprint density at radius 1 is 1.14 bits per heavy atom. The largest absolute Gasteiger partial charge is 0.313 e. The summed E-state index contributed by atoms with van der Waals surface area (Å²) < 4.78 is 14.4. The van der Waals surface area contributed by atoms with Crippen molar-refractivity contribution in [2.45, 2.75) is 65.3 Å². The van der Waals surface area contributed by atoms with E-state index in [-0.39, 0.29) is 5.82 Å². The zero-order valence-corrected chi connectivity index (χ0v) is 15.2. The maximum atomic E-state index is 13.6. The minimum Gasteiger partial charge on any atom is -0.313 e. The molecule has 0 radical (unpaired) electrons. The minimum atomic E-state index is -0.157. The molecule has 0 bridgehead atoms. The van der Waals surface area contributed by atoms with Crippen LogP contribution >= 0.6 is 15.9 Å². The number of nitrogens with one attached hydrogen (secondary N) is 1. The Balaban J connectivity index is 2.79. The molecular weight excluding hydrogens is 329 g/mol.